The summed E-state index contributed by atoms with van der Waals surface area (Å²) in [6, 6.07) is 2.75. The summed E-state index contributed by atoms with van der Waals surface area (Å²) >= 11 is 0. The predicted molar refractivity (Wildman–Crippen MR) is 112 cm³/mol. The number of hydrogen-bond donors (Lipinski definition) is 1. The molecule has 0 aromatic carbocycles. The quantitative estimate of drug-likeness (QED) is 0.856. The highest BCUT2D eigenvalue weighted by atomic mass is 15.2. The molecule has 1 saturated heterocycles. The van der Waals surface area contributed by atoms with Crippen molar-refractivity contribution in [3.05, 3.63) is 47.7 Å². The lowest BCUT2D eigenvalue weighted by atomic mass is 9.99. The Kier molecular flexibility index (Phi) is 5.19. The molecule has 5 nitrogen and oxygen atoms in total. The van der Waals surface area contributed by atoms with Gasteiger partial charge in [0.05, 0.1) is 17.6 Å². The number of pyridine rings is 1. The summed E-state index contributed by atoms with van der Waals surface area (Å²) in [7, 11) is 0. The van der Waals surface area contributed by atoms with Gasteiger partial charge in [0.15, 0.2) is 0 Å². The fourth-order valence-corrected chi connectivity index (χ4v) is 4.18. The highest BCUT2D eigenvalue weighted by Crippen LogP contribution is 2.45. The topological polar surface area (TPSA) is 43.8 Å². The van der Waals surface area contributed by atoms with Crippen molar-refractivity contribution in [2.45, 2.75) is 64.6 Å². The molecule has 1 aromatic heterocycles. The van der Waals surface area contributed by atoms with Crippen molar-refractivity contribution in [3.63, 3.8) is 0 Å². The van der Waals surface area contributed by atoms with Gasteiger partial charge in [-0.25, -0.2) is 0 Å². The van der Waals surface area contributed by atoms with Crippen LogP contribution in [0.4, 0.5) is 5.69 Å². The zero-order valence-corrected chi connectivity index (χ0v) is 16.7. The third-order valence-electron chi connectivity index (χ3n) is 6.00. The van der Waals surface area contributed by atoms with E-state index in [9.17, 15) is 0 Å². The number of piperidine rings is 1. The Bertz CT molecular complexity index is 754. The van der Waals surface area contributed by atoms with Crippen LogP contribution in [-0.2, 0) is 0 Å². The molecule has 2 aliphatic heterocycles. The molecule has 1 saturated carbocycles. The smallest absolute Gasteiger partial charge is 0.115 e. The van der Waals surface area contributed by atoms with Gasteiger partial charge < -0.3 is 15.1 Å². The normalized spacial score (nSPS) is 23.8. The van der Waals surface area contributed by atoms with Gasteiger partial charge in [0.2, 0.25) is 0 Å². The Morgan fingerprint density at radius 1 is 1.26 bits per heavy atom. The largest absolute Gasteiger partial charge is 0.369 e. The van der Waals surface area contributed by atoms with Crippen LogP contribution >= 0.6 is 0 Å². The third kappa shape index (κ3) is 3.87. The van der Waals surface area contributed by atoms with Crippen molar-refractivity contribution in [1.29, 1.82) is 0 Å². The molecule has 0 radical (unpaired) electrons. The van der Waals surface area contributed by atoms with Crippen LogP contribution in [0.5, 0.6) is 0 Å². The minimum absolute atomic E-state index is 0.186. The number of anilines is 1. The predicted octanol–water partition coefficient (Wildman–Crippen LogP) is 4.01. The SMILES string of the molecule is C/C=C(\C)N(c1cnccc1C1CC1)C1CCN(C2=CNC(C)N=C2)CC1. The maximum Gasteiger partial charge on any atom is 0.115 e. The molecule has 1 unspecified atom stereocenters. The Labute approximate surface area is 162 Å². The number of allylic oxidation sites excluding steroid dienone is 3. The maximum atomic E-state index is 4.49. The van der Waals surface area contributed by atoms with Gasteiger partial charge in [0.25, 0.3) is 0 Å². The monoisotopic (exact) mass is 365 g/mol. The van der Waals surface area contributed by atoms with E-state index >= 15 is 0 Å². The maximum absolute atomic E-state index is 4.49. The number of hydrogen-bond acceptors (Lipinski definition) is 5. The first-order valence-electron chi connectivity index (χ1n) is 10.3. The number of aromatic nitrogens is 1. The van der Waals surface area contributed by atoms with Crippen LogP contribution in [0.15, 0.2) is 47.1 Å². The summed E-state index contributed by atoms with van der Waals surface area (Å²) in [5.41, 5.74) is 5.34. The van der Waals surface area contributed by atoms with Crippen LogP contribution in [0.2, 0.25) is 0 Å². The highest BCUT2D eigenvalue weighted by molar-refractivity contribution is 5.78. The van der Waals surface area contributed by atoms with E-state index in [2.05, 4.69) is 70.4 Å². The molecule has 1 atom stereocenters. The zero-order chi connectivity index (χ0) is 18.8. The van der Waals surface area contributed by atoms with E-state index in [-0.39, 0.29) is 6.17 Å². The van der Waals surface area contributed by atoms with Crippen molar-refractivity contribution >= 4 is 11.9 Å². The number of nitrogens with zero attached hydrogens (tertiary/aromatic N) is 4. The van der Waals surface area contributed by atoms with E-state index in [1.165, 1.54) is 35.5 Å². The molecular weight excluding hydrogens is 334 g/mol. The molecular formula is C22H31N5. The molecule has 1 N–H and O–H groups in total. The minimum atomic E-state index is 0.186. The molecule has 5 heteroatoms. The molecule has 0 bridgehead atoms. The van der Waals surface area contributed by atoms with Crippen molar-refractivity contribution in [1.82, 2.24) is 15.2 Å². The van der Waals surface area contributed by atoms with Gasteiger partial charge in [-0.1, -0.05) is 6.08 Å². The lowest BCUT2D eigenvalue weighted by Gasteiger charge is -2.42. The van der Waals surface area contributed by atoms with E-state index in [1.807, 2.05) is 12.4 Å². The van der Waals surface area contributed by atoms with E-state index in [1.54, 1.807) is 0 Å². The summed E-state index contributed by atoms with van der Waals surface area (Å²) in [4.78, 5) is 14.0. The molecule has 0 amide bonds. The Balaban J connectivity index is 1.51. The van der Waals surface area contributed by atoms with E-state index in [0.717, 1.165) is 31.8 Å². The molecule has 3 aliphatic rings. The summed E-state index contributed by atoms with van der Waals surface area (Å²) in [6.07, 6.45) is 15.5. The second kappa shape index (κ2) is 7.75. The standard InChI is InChI=1S/C22H31N5/c1-4-16(2)27(22-15-23-10-7-21(22)18-5-6-18)19-8-11-26(12-9-19)20-13-24-17(3)25-14-20/h4,7,10,13-15,17-19,24H,5-6,8-9,11-12H2,1-3H3/b16-4+. The van der Waals surface area contributed by atoms with Gasteiger partial charge >= 0.3 is 0 Å². The number of nitrogens with one attached hydrogen (secondary N) is 1. The molecule has 2 fully saturated rings. The van der Waals surface area contributed by atoms with Crippen molar-refractivity contribution in [2.24, 2.45) is 4.99 Å². The molecule has 1 aromatic rings. The summed E-state index contributed by atoms with van der Waals surface area (Å²) in [5, 5.41) is 3.31. The van der Waals surface area contributed by atoms with Crippen molar-refractivity contribution in [3.8, 4) is 0 Å². The number of rotatable bonds is 5. The van der Waals surface area contributed by atoms with Crippen LogP contribution in [0.1, 0.15) is 57.9 Å². The summed E-state index contributed by atoms with van der Waals surface area (Å²) in [6.45, 7) is 8.56. The van der Waals surface area contributed by atoms with Crippen molar-refractivity contribution in [2.75, 3.05) is 18.0 Å². The summed E-state index contributed by atoms with van der Waals surface area (Å²) in [5.74, 6) is 0.729. The molecule has 1 aliphatic carbocycles. The van der Waals surface area contributed by atoms with E-state index in [4.69, 9.17) is 0 Å². The number of aliphatic imine (C=N–C) groups is 1. The Hall–Kier alpha value is -2.30. The fraction of sp³-hybridized carbons (Fsp3) is 0.545. The van der Waals surface area contributed by atoms with E-state index < -0.39 is 0 Å². The molecule has 4 rings (SSSR count). The van der Waals surface area contributed by atoms with Crippen LogP contribution in [0, 0.1) is 0 Å². The van der Waals surface area contributed by atoms with Gasteiger partial charge in [-0.3, -0.25) is 9.98 Å². The molecule has 0 spiro atoms. The van der Waals surface area contributed by atoms with Crippen molar-refractivity contribution < 1.29 is 0 Å². The van der Waals surface area contributed by atoms with Crippen LogP contribution < -0.4 is 10.2 Å². The average Bonchev–Trinajstić information content (AvgIpc) is 3.55. The first-order chi connectivity index (χ1) is 13.2. The first kappa shape index (κ1) is 18.1. The second-order valence-corrected chi connectivity index (χ2v) is 7.92. The molecule has 144 valence electrons. The van der Waals surface area contributed by atoms with Gasteiger partial charge in [0, 0.05) is 43.4 Å². The Morgan fingerprint density at radius 2 is 2.04 bits per heavy atom. The fourth-order valence-electron chi connectivity index (χ4n) is 4.18. The zero-order valence-electron chi connectivity index (χ0n) is 16.7. The Morgan fingerprint density at radius 3 is 2.67 bits per heavy atom. The van der Waals surface area contributed by atoms with Gasteiger partial charge in [0.1, 0.15) is 6.17 Å². The lowest BCUT2D eigenvalue weighted by molar-refractivity contribution is 0.269. The van der Waals surface area contributed by atoms with Crippen LogP contribution in [-0.4, -0.2) is 41.4 Å². The first-order valence-corrected chi connectivity index (χ1v) is 10.3. The van der Waals surface area contributed by atoms with Gasteiger partial charge in [-0.05, 0) is 64.0 Å². The lowest BCUT2D eigenvalue weighted by Crippen LogP contribution is -2.45. The third-order valence-corrected chi connectivity index (χ3v) is 6.00. The second-order valence-electron chi connectivity index (χ2n) is 7.92. The van der Waals surface area contributed by atoms with E-state index in [0.29, 0.717) is 6.04 Å². The summed E-state index contributed by atoms with van der Waals surface area (Å²) < 4.78 is 0. The molecule has 27 heavy (non-hydrogen) atoms. The molecule has 3 heterocycles. The van der Waals surface area contributed by atoms with Crippen LogP contribution in [0.25, 0.3) is 0 Å². The average molecular weight is 366 g/mol. The van der Waals surface area contributed by atoms with Gasteiger partial charge in [-0.2, -0.15) is 0 Å². The highest BCUT2D eigenvalue weighted by Gasteiger charge is 2.32. The van der Waals surface area contributed by atoms with Crippen LogP contribution in [0.3, 0.4) is 0 Å². The van der Waals surface area contributed by atoms with Gasteiger partial charge in [-0.15, -0.1) is 0 Å². The minimum Gasteiger partial charge on any atom is -0.369 e. The number of likely N-dealkylation sites (tertiary alicyclic amines) is 1.